The van der Waals surface area contributed by atoms with Crippen LogP contribution >= 0.6 is 0 Å². The van der Waals surface area contributed by atoms with Gasteiger partial charge in [-0.05, 0) is 44.2 Å². The van der Waals surface area contributed by atoms with Crippen molar-refractivity contribution in [3.63, 3.8) is 0 Å². The molecule has 0 saturated heterocycles. The molecule has 2 amide bonds. The molecular weight excluding hydrogens is 454 g/mol. The number of amides is 2. The predicted molar refractivity (Wildman–Crippen MR) is 112 cm³/mol. The van der Waals surface area contributed by atoms with Crippen LogP contribution in [0.15, 0.2) is 59.5 Å². The molecule has 1 atom stereocenters. The Morgan fingerprint density at radius 3 is 2.18 bits per heavy atom. The van der Waals surface area contributed by atoms with Crippen LogP contribution in [-0.4, -0.2) is 43.5 Å². The van der Waals surface area contributed by atoms with Gasteiger partial charge in [0.15, 0.2) is 0 Å². The molecule has 0 aliphatic carbocycles. The first kappa shape index (κ1) is 23.8. The molecule has 10 nitrogen and oxygen atoms in total. The summed E-state index contributed by atoms with van der Waals surface area (Å²) in [6.07, 6.45) is -1.24. The summed E-state index contributed by atoms with van der Waals surface area (Å²) in [7, 11) is -4.47. The van der Waals surface area contributed by atoms with E-state index in [0.717, 1.165) is 11.6 Å². The number of ether oxygens (including phenoxy) is 2. The Hall–Kier alpha value is -3.83. The number of carbonyl (C=O) groups excluding carboxylic acids is 4. The Balaban J connectivity index is 1.78. The van der Waals surface area contributed by atoms with E-state index < -0.39 is 40.2 Å². The number of hydroxylamine groups is 2. The van der Waals surface area contributed by atoms with Crippen molar-refractivity contribution >= 4 is 33.9 Å². The molecule has 33 heavy (non-hydrogen) atoms. The summed E-state index contributed by atoms with van der Waals surface area (Å²) >= 11 is 0. The highest BCUT2D eigenvalue weighted by Gasteiger charge is 2.40. The number of hydrogen-bond donors (Lipinski definition) is 0. The fraction of sp³-hybridized carbons (Fsp3) is 0.182. The zero-order valence-corrected chi connectivity index (χ0v) is 18.7. The van der Waals surface area contributed by atoms with E-state index in [9.17, 15) is 27.6 Å². The highest BCUT2D eigenvalue weighted by molar-refractivity contribution is 7.86. The average Bonchev–Trinajstić information content (AvgIpc) is 2.97. The summed E-state index contributed by atoms with van der Waals surface area (Å²) in [5, 5.41) is 0.117. The molecule has 2 aromatic rings. The number of esters is 2. The maximum Gasteiger partial charge on any atom is 0.341 e. The first-order valence-electron chi connectivity index (χ1n) is 9.52. The molecule has 11 heteroatoms. The van der Waals surface area contributed by atoms with Crippen molar-refractivity contribution in [1.29, 1.82) is 0 Å². The smallest absolute Gasteiger partial charge is 0.341 e. The molecule has 1 heterocycles. The van der Waals surface area contributed by atoms with E-state index in [-0.39, 0.29) is 32.2 Å². The van der Waals surface area contributed by atoms with E-state index in [2.05, 4.69) is 6.58 Å². The summed E-state index contributed by atoms with van der Waals surface area (Å²) in [6.45, 7) is 7.91. The largest absolute Gasteiger partial charge is 0.422 e. The molecule has 2 aromatic carbocycles. The topological polar surface area (TPSA) is 133 Å². The maximum atomic E-state index is 12.7. The maximum absolute atomic E-state index is 12.7. The molecular formula is C22H19NO9S. The molecule has 0 bridgehead atoms. The second-order valence-corrected chi connectivity index (χ2v) is 8.69. The van der Waals surface area contributed by atoms with E-state index in [0.29, 0.717) is 0 Å². The Morgan fingerprint density at radius 2 is 1.58 bits per heavy atom. The van der Waals surface area contributed by atoms with Crippen molar-refractivity contribution in [2.24, 2.45) is 0 Å². The SMILES string of the molecule is C=C(C)C(=O)OC(C)OC(=O)c1ccc2c(c1)C(=O)N(OS(=O)(=O)c1ccc(C)cc1)C2=O. The predicted octanol–water partition coefficient (Wildman–Crippen LogP) is 2.53. The zero-order chi connectivity index (χ0) is 24.5. The lowest BCUT2D eigenvalue weighted by molar-refractivity contribution is -0.160. The number of benzene rings is 2. The fourth-order valence-corrected chi connectivity index (χ4v) is 3.64. The first-order chi connectivity index (χ1) is 15.4. The molecule has 1 aliphatic rings. The number of hydrogen-bond acceptors (Lipinski definition) is 9. The third-order valence-corrected chi connectivity index (χ3v) is 5.66. The normalized spacial score (nSPS) is 14.0. The lowest BCUT2D eigenvalue weighted by Gasteiger charge is -2.14. The van der Waals surface area contributed by atoms with E-state index in [1.54, 1.807) is 6.92 Å². The minimum absolute atomic E-state index is 0.111. The summed E-state index contributed by atoms with van der Waals surface area (Å²) in [4.78, 5) is 48.8. The van der Waals surface area contributed by atoms with Crippen molar-refractivity contribution in [2.75, 3.05) is 0 Å². The van der Waals surface area contributed by atoms with Crippen molar-refractivity contribution in [3.8, 4) is 0 Å². The number of imide groups is 1. The van der Waals surface area contributed by atoms with Gasteiger partial charge in [-0.1, -0.05) is 24.3 Å². The van der Waals surface area contributed by atoms with Gasteiger partial charge in [-0.25, -0.2) is 9.59 Å². The quantitative estimate of drug-likeness (QED) is 0.257. The Bertz CT molecular complexity index is 1280. The van der Waals surface area contributed by atoms with Gasteiger partial charge < -0.3 is 9.47 Å². The number of carbonyl (C=O) groups is 4. The van der Waals surface area contributed by atoms with Gasteiger partial charge in [0, 0.05) is 12.5 Å². The molecule has 1 unspecified atom stereocenters. The highest BCUT2D eigenvalue weighted by atomic mass is 32.2. The second-order valence-electron chi connectivity index (χ2n) is 7.17. The van der Waals surface area contributed by atoms with Gasteiger partial charge in [0.25, 0.3) is 11.8 Å². The number of rotatable bonds is 7. The summed E-state index contributed by atoms with van der Waals surface area (Å²) in [5.41, 5.74) is 0.381. The minimum Gasteiger partial charge on any atom is -0.422 e. The van der Waals surface area contributed by atoms with Gasteiger partial charge in [0.2, 0.25) is 6.29 Å². The van der Waals surface area contributed by atoms with Gasteiger partial charge >= 0.3 is 22.1 Å². The number of aryl methyl sites for hydroxylation is 1. The van der Waals surface area contributed by atoms with Crippen molar-refractivity contribution in [3.05, 3.63) is 76.9 Å². The Labute approximate surface area is 189 Å². The van der Waals surface area contributed by atoms with Crippen molar-refractivity contribution < 1.29 is 41.4 Å². The van der Waals surface area contributed by atoms with Crippen molar-refractivity contribution in [2.45, 2.75) is 32.0 Å². The molecule has 0 saturated carbocycles. The molecule has 1 aliphatic heterocycles. The Kier molecular flexibility index (Phi) is 6.47. The van der Waals surface area contributed by atoms with Crippen LogP contribution in [0, 0.1) is 6.92 Å². The summed E-state index contributed by atoms with van der Waals surface area (Å²) < 4.78 is 39.6. The molecule has 0 N–H and O–H groups in total. The van der Waals surface area contributed by atoms with Gasteiger partial charge in [-0.3, -0.25) is 9.59 Å². The summed E-state index contributed by atoms with van der Waals surface area (Å²) in [6, 6.07) is 9.05. The van der Waals surface area contributed by atoms with Crippen LogP contribution in [0.25, 0.3) is 0 Å². The summed E-state index contributed by atoms with van der Waals surface area (Å²) in [5.74, 6) is -3.77. The molecule has 3 rings (SSSR count). The zero-order valence-electron chi connectivity index (χ0n) is 17.9. The highest BCUT2D eigenvalue weighted by Crippen LogP contribution is 2.27. The van der Waals surface area contributed by atoms with E-state index in [1.807, 2.05) is 0 Å². The first-order valence-corrected chi connectivity index (χ1v) is 10.9. The monoisotopic (exact) mass is 473 g/mol. The van der Waals surface area contributed by atoms with Crippen LogP contribution in [0.1, 0.15) is 50.5 Å². The van der Waals surface area contributed by atoms with Gasteiger partial charge in [0.1, 0.15) is 0 Å². The fourth-order valence-electron chi connectivity index (χ4n) is 2.75. The van der Waals surface area contributed by atoms with Crippen LogP contribution in [0.2, 0.25) is 0 Å². The van der Waals surface area contributed by atoms with Crippen LogP contribution in [-0.2, 0) is 28.7 Å². The average molecular weight is 473 g/mol. The second kappa shape index (κ2) is 8.96. The van der Waals surface area contributed by atoms with Crippen LogP contribution < -0.4 is 0 Å². The van der Waals surface area contributed by atoms with Crippen molar-refractivity contribution in [1.82, 2.24) is 5.06 Å². The molecule has 0 radical (unpaired) electrons. The van der Waals surface area contributed by atoms with E-state index in [1.165, 1.54) is 50.2 Å². The van der Waals surface area contributed by atoms with Gasteiger partial charge in [-0.15, -0.1) is 9.35 Å². The molecule has 0 aromatic heterocycles. The van der Waals surface area contributed by atoms with Crippen LogP contribution in [0.4, 0.5) is 0 Å². The standard InChI is InChI=1S/C22H19NO9S/c1-12(2)21(26)30-14(4)31-22(27)15-7-10-17-18(11-15)20(25)23(19(17)24)32-33(28,29)16-8-5-13(3)6-9-16/h5-11,14H,1H2,2-4H3. The van der Waals surface area contributed by atoms with Gasteiger partial charge in [-0.2, -0.15) is 8.42 Å². The minimum atomic E-state index is -4.47. The number of nitrogens with zero attached hydrogens (tertiary/aromatic N) is 1. The lowest BCUT2D eigenvalue weighted by Crippen LogP contribution is -2.32. The molecule has 0 spiro atoms. The van der Waals surface area contributed by atoms with Gasteiger partial charge in [0.05, 0.1) is 21.6 Å². The molecule has 0 fully saturated rings. The number of fused-ring (bicyclic) bond motifs is 1. The molecule has 172 valence electrons. The lowest BCUT2D eigenvalue weighted by atomic mass is 10.1. The van der Waals surface area contributed by atoms with Crippen LogP contribution in [0.5, 0.6) is 0 Å². The van der Waals surface area contributed by atoms with Crippen LogP contribution in [0.3, 0.4) is 0 Å². The third kappa shape index (κ3) is 4.99. The Morgan fingerprint density at radius 1 is 0.970 bits per heavy atom. The van der Waals surface area contributed by atoms with E-state index in [4.69, 9.17) is 13.8 Å². The third-order valence-electron chi connectivity index (χ3n) is 4.46. The van der Waals surface area contributed by atoms with E-state index >= 15 is 0 Å².